The van der Waals surface area contributed by atoms with E-state index in [2.05, 4.69) is 61.2 Å². The van der Waals surface area contributed by atoms with E-state index in [4.69, 9.17) is 0 Å². The fourth-order valence-corrected chi connectivity index (χ4v) is 4.53. The van der Waals surface area contributed by atoms with Crippen LogP contribution >= 0.6 is 21.2 Å². The van der Waals surface area contributed by atoms with Crippen LogP contribution in [0.1, 0.15) is 17.5 Å². The Labute approximate surface area is 145 Å². The summed E-state index contributed by atoms with van der Waals surface area (Å²) < 4.78 is 0. The quantitative estimate of drug-likeness (QED) is 0.619. The summed E-state index contributed by atoms with van der Waals surface area (Å²) in [7, 11) is 0.459. The van der Waals surface area contributed by atoms with Gasteiger partial charge in [0.1, 0.15) is 5.75 Å². The van der Waals surface area contributed by atoms with Gasteiger partial charge in [0.2, 0.25) is 0 Å². The van der Waals surface area contributed by atoms with E-state index < -0.39 is 0 Å². The molecule has 1 aliphatic rings. The molecule has 0 aliphatic heterocycles. The van der Waals surface area contributed by atoms with E-state index >= 15 is 0 Å². The molecule has 0 fully saturated rings. The first kappa shape index (κ1) is 16.4. The Morgan fingerprint density at radius 3 is 2.57 bits per heavy atom. The molecular formula is C20H21OPS. The second-order valence-corrected chi connectivity index (χ2v) is 7.41. The number of phenolic OH excluding ortho intramolecular Hbond substituents is 1. The van der Waals surface area contributed by atoms with Gasteiger partial charge in [-0.2, -0.15) is 12.6 Å². The molecule has 2 atom stereocenters. The molecule has 3 heteroatoms. The predicted octanol–water partition coefficient (Wildman–Crippen LogP) is 4.13. The third kappa shape index (κ3) is 4.07. The van der Waals surface area contributed by atoms with Crippen molar-refractivity contribution in [3.8, 4) is 5.75 Å². The Hall–Kier alpha value is -1.50. The van der Waals surface area contributed by atoms with Crippen molar-refractivity contribution in [2.45, 2.75) is 18.6 Å². The fourth-order valence-electron chi connectivity index (χ4n) is 2.85. The van der Waals surface area contributed by atoms with E-state index in [-0.39, 0.29) is 0 Å². The van der Waals surface area contributed by atoms with E-state index in [1.54, 1.807) is 0 Å². The van der Waals surface area contributed by atoms with Crippen LogP contribution in [0, 0.1) is 5.92 Å². The minimum atomic E-state index is 0.459. The van der Waals surface area contributed by atoms with Crippen LogP contribution in [0.25, 0.3) is 0 Å². The lowest BCUT2D eigenvalue weighted by Crippen LogP contribution is -2.10. The van der Waals surface area contributed by atoms with E-state index in [0.29, 0.717) is 20.2 Å². The molecule has 0 saturated carbocycles. The van der Waals surface area contributed by atoms with Gasteiger partial charge in [0, 0.05) is 11.1 Å². The molecule has 0 spiro atoms. The lowest BCUT2D eigenvalue weighted by Gasteiger charge is -2.16. The summed E-state index contributed by atoms with van der Waals surface area (Å²) in [4.78, 5) is 0. The molecular weight excluding hydrogens is 319 g/mol. The van der Waals surface area contributed by atoms with Gasteiger partial charge in [0.15, 0.2) is 0 Å². The number of hydrogen-bond acceptors (Lipinski definition) is 2. The first-order valence-corrected chi connectivity index (χ1v) is 9.51. The van der Waals surface area contributed by atoms with Crippen molar-refractivity contribution in [3.05, 3.63) is 77.9 Å². The first-order valence-electron chi connectivity index (χ1n) is 7.88. The maximum atomic E-state index is 10.7. The van der Waals surface area contributed by atoms with Gasteiger partial charge in [0.25, 0.3) is 0 Å². The average Bonchev–Trinajstić information content (AvgIpc) is 2.60. The topological polar surface area (TPSA) is 20.2 Å². The lowest BCUT2D eigenvalue weighted by molar-refractivity contribution is 0.467. The Morgan fingerprint density at radius 2 is 1.78 bits per heavy atom. The van der Waals surface area contributed by atoms with Crippen molar-refractivity contribution in [1.82, 2.24) is 0 Å². The van der Waals surface area contributed by atoms with Crippen LogP contribution in [-0.2, 0) is 12.2 Å². The van der Waals surface area contributed by atoms with Crippen LogP contribution in [0.5, 0.6) is 5.75 Å². The van der Waals surface area contributed by atoms with Gasteiger partial charge < -0.3 is 5.11 Å². The van der Waals surface area contributed by atoms with Gasteiger partial charge in [-0.1, -0.05) is 75.3 Å². The van der Waals surface area contributed by atoms with Crippen LogP contribution in [0.15, 0.2) is 66.8 Å². The van der Waals surface area contributed by atoms with Crippen LogP contribution in [0.4, 0.5) is 0 Å². The number of phenols is 1. The molecule has 2 aromatic rings. The predicted molar refractivity (Wildman–Crippen MR) is 105 cm³/mol. The number of benzene rings is 2. The summed E-state index contributed by atoms with van der Waals surface area (Å²) in [5.41, 5.74) is 2.28. The van der Waals surface area contributed by atoms with Gasteiger partial charge in [-0.25, -0.2) is 0 Å². The molecule has 2 aromatic carbocycles. The van der Waals surface area contributed by atoms with E-state index in [9.17, 15) is 5.11 Å². The maximum absolute atomic E-state index is 10.7. The Morgan fingerprint density at radius 1 is 1.00 bits per heavy atom. The highest BCUT2D eigenvalue weighted by molar-refractivity contribution is 7.79. The number of allylic oxidation sites excluding steroid dienone is 4. The summed E-state index contributed by atoms with van der Waals surface area (Å²) in [5.74, 6) is 1.67. The molecule has 0 bridgehead atoms. The fraction of sp³-hybridized carbons (Fsp3) is 0.200. The molecule has 118 valence electrons. The minimum Gasteiger partial charge on any atom is -0.507 e. The highest BCUT2D eigenvalue weighted by Crippen LogP contribution is 2.27. The van der Waals surface area contributed by atoms with Crippen molar-refractivity contribution in [3.63, 3.8) is 0 Å². The standard InChI is InChI=1S/C20H21OPS/c21-20-16(13-15-7-2-1-3-8-15)10-6-12-19(20)22-18-11-5-4-9-17(18)14-23/h1-7,9-12,15,21-23H,8,13-14H2. The lowest BCUT2D eigenvalue weighted by atomic mass is 9.93. The molecule has 1 nitrogen and oxygen atoms in total. The van der Waals surface area contributed by atoms with E-state index in [1.165, 1.54) is 10.9 Å². The molecule has 23 heavy (non-hydrogen) atoms. The molecule has 0 saturated heterocycles. The van der Waals surface area contributed by atoms with Gasteiger partial charge in [-0.3, -0.25) is 0 Å². The monoisotopic (exact) mass is 340 g/mol. The zero-order valence-corrected chi connectivity index (χ0v) is 14.8. The van der Waals surface area contributed by atoms with Crippen LogP contribution in [-0.4, -0.2) is 5.11 Å². The molecule has 0 aromatic heterocycles. The first-order chi connectivity index (χ1) is 11.3. The van der Waals surface area contributed by atoms with E-state index in [1.807, 2.05) is 18.2 Å². The SMILES string of the molecule is Oc1c(CC2C=CC=CC2)cccc1Pc1ccccc1CS. The zero-order valence-electron chi connectivity index (χ0n) is 12.9. The summed E-state index contributed by atoms with van der Waals surface area (Å²) in [6.45, 7) is 0. The smallest absolute Gasteiger partial charge is 0.126 e. The number of hydrogen-bond donors (Lipinski definition) is 2. The zero-order chi connectivity index (χ0) is 16.1. The van der Waals surface area contributed by atoms with Crippen molar-refractivity contribution in [1.29, 1.82) is 0 Å². The third-order valence-corrected chi connectivity index (χ3v) is 5.90. The van der Waals surface area contributed by atoms with Crippen LogP contribution in [0.2, 0.25) is 0 Å². The molecule has 0 amide bonds. The van der Waals surface area contributed by atoms with Gasteiger partial charge >= 0.3 is 0 Å². The third-order valence-electron chi connectivity index (χ3n) is 4.13. The highest BCUT2D eigenvalue weighted by atomic mass is 32.1. The van der Waals surface area contributed by atoms with Crippen molar-refractivity contribution in [2.24, 2.45) is 5.92 Å². The molecule has 3 rings (SSSR count). The summed E-state index contributed by atoms with van der Waals surface area (Å²) >= 11 is 4.41. The number of rotatable bonds is 5. The van der Waals surface area contributed by atoms with Crippen molar-refractivity contribution in [2.75, 3.05) is 0 Å². The number of para-hydroxylation sites is 1. The van der Waals surface area contributed by atoms with Gasteiger partial charge in [0.05, 0.1) is 0 Å². The van der Waals surface area contributed by atoms with Gasteiger partial charge in [-0.05, 0) is 35.2 Å². The summed E-state index contributed by atoms with van der Waals surface area (Å²) in [5, 5.41) is 13.0. The Kier molecular flexibility index (Phi) is 5.59. The molecule has 1 aliphatic carbocycles. The molecule has 1 N–H and O–H groups in total. The van der Waals surface area contributed by atoms with Crippen molar-refractivity contribution < 1.29 is 5.11 Å². The highest BCUT2D eigenvalue weighted by Gasteiger charge is 2.13. The van der Waals surface area contributed by atoms with E-state index in [0.717, 1.165) is 29.5 Å². The second kappa shape index (κ2) is 7.86. The molecule has 0 heterocycles. The van der Waals surface area contributed by atoms with Gasteiger partial charge in [-0.15, -0.1) is 0 Å². The average molecular weight is 340 g/mol. The minimum absolute atomic E-state index is 0.459. The number of thiol groups is 1. The van der Waals surface area contributed by atoms with Crippen molar-refractivity contribution >= 4 is 31.8 Å². The normalized spacial score (nSPS) is 17.2. The number of aromatic hydroxyl groups is 1. The molecule has 2 unspecified atom stereocenters. The summed E-state index contributed by atoms with van der Waals surface area (Å²) in [6, 6.07) is 14.5. The maximum Gasteiger partial charge on any atom is 0.126 e. The Balaban J connectivity index is 1.82. The Bertz CT molecular complexity index is 736. The largest absolute Gasteiger partial charge is 0.507 e. The summed E-state index contributed by atoms with van der Waals surface area (Å²) in [6.07, 6.45) is 10.5. The molecule has 0 radical (unpaired) electrons. The second-order valence-electron chi connectivity index (χ2n) is 5.77. The van der Waals surface area contributed by atoms with Crippen LogP contribution in [0.3, 0.4) is 0 Å². The van der Waals surface area contributed by atoms with Crippen LogP contribution < -0.4 is 10.6 Å².